The molecule has 0 spiro atoms. The fourth-order valence-electron chi connectivity index (χ4n) is 6.43. The molecule has 2 aliphatic heterocycles. The van der Waals surface area contributed by atoms with Gasteiger partial charge in [-0.2, -0.15) is 13.2 Å². The molecule has 1 amide bonds. The maximum absolute atomic E-state index is 15.7. The van der Waals surface area contributed by atoms with Crippen LogP contribution in [0.25, 0.3) is 0 Å². The lowest BCUT2D eigenvalue weighted by molar-refractivity contribution is -0.137. The molecule has 3 heterocycles. The molecular weight excluding hydrogens is 575 g/mol. The van der Waals surface area contributed by atoms with Crippen molar-refractivity contribution in [1.82, 2.24) is 4.98 Å². The molecule has 2 aromatic rings. The number of amides is 1. The average Bonchev–Trinajstić information content (AvgIpc) is 2.95. The van der Waals surface area contributed by atoms with Gasteiger partial charge >= 0.3 is 6.18 Å². The third kappa shape index (κ3) is 5.81. The Kier molecular flexibility index (Phi) is 8.70. The number of thioether (sulfide) groups is 1. The lowest BCUT2D eigenvalue weighted by Gasteiger charge is -2.49. The van der Waals surface area contributed by atoms with E-state index in [1.807, 2.05) is 6.92 Å². The molecule has 1 saturated heterocycles. The number of pyridine rings is 1. The minimum absolute atomic E-state index is 0.0257. The smallest absolute Gasteiger partial charge is 0.379 e. The third-order valence-electron chi connectivity index (χ3n) is 9.06. The Balaban J connectivity index is 1.50. The van der Waals surface area contributed by atoms with Crippen LogP contribution < -0.4 is 11.1 Å². The molecule has 2 fully saturated rings. The van der Waals surface area contributed by atoms with E-state index in [2.05, 4.69) is 24.1 Å². The molecule has 0 bridgehead atoms. The summed E-state index contributed by atoms with van der Waals surface area (Å²) in [4.78, 5) is 21.7. The molecule has 1 aliphatic carbocycles. The Bertz CT molecular complexity index is 1340. The highest BCUT2D eigenvalue weighted by Gasteiger charge is 2.51. The molecule has 7 atom stereocenters. The molecule has 1 saturated carbocycles. The van der Waals surface area contributed by atoms with Crippen LogP contribution in [-0.2, 0) is 16.5 Å². The molecule has 4 unspecified atom stereocenters. The normalized spacial score (nSPS) is 31.8. The van der Waals surface area contributed by atoms with Gasteiger partial charge in [0.05, 0.1) is 17.2 Å². The maximum Gasteiger partial charge on any atom is 0.417 e. The number of carbonyl (C=O) groups excluding carboxylic acids is 1. The van der Waals surface area contributed by atoms with Crippen molar-refractivity contribution in [2.45, 2.75) is 57.5 Å². The van der Waals surface area contributed by atoms with Crippen LogP contribution in [0.4, 0.5) is 27.6 Å². The third-order valence-corrected chi connectivity index (χ3v) is 10.3. The summed E-state index contributed by atoms with van der Waals surface area (Å²) in [5, 5.41) is 3.41. The molecule has 12 heteroatoms. The zero-order valence-corrected chi connectivity index (χ0v) is 24.4. The number of ether oxygens (including phenoxy) is 1. The number of benzene rings is 1. The predicted octanol–water partition coefficient (Wildman–Crippen LogP) is 6.46. The zero-order chi connectivity index (χ0) is 30.4. The largest absolute Gasteiger partial charge is 0.417 e. The highest BCUT2D eigenvalue weighted by molar-refractivity contribution is 8.14. The molecule has 42 heavy (non-hydrogen) atoms. The number of halogens is 5. The Morgan fingerprint density at radius 3 is 2.67 bits per heavy atom. The minimum Gasteiger partial charge on any atom is -0.379 e. The Labute approximate surface area is 246 Å². The van der Waals surface area contributed by atoms with Crippen molar-refractivity contribution in [3.8, 4) is 0 Å². The molecule has 1 aromatic heterocycles. The molecule has 0 radical (unpaired) electrons. The zero-order valence-electron chi connectivity index (χ0n) is 23.6. The first-order chi connectivity index (χ1) is 19.8. The van der Waals surface area contributed by atoms with Crippen LogP contribution in [0.3, 0.4) is 0 Å². The first kappa shape index (κ1) is 30.9. The number of nitrogens with one attached hydrogen (secondary N) is 1. The maximum atomic E-state index is 15.7. The summed E-state index contributed by atoms with van der Waals surface area (Å²) in [5.74, 6) is -1.04. The second-order valence-electron chi connectivity index (χ2n) is 11.9. The van der Waals surface area contributed by atoms with E-state index in [9.17, 15) is 22.4 Å². The van der Waals surface area contributed by atoms with Crippen LogP contribution >= 0.6 is 11.8 Å². The molecule has 228 valence electrons. The lowest BCUT2D eigenvalue weighted by Crippen LogP contribution is -2.55. The Hall–Kier alpha value is -2.57. The number of fused-ring (bicyclic) bond motifs is 1. The molecule has 5 rings (SSSR count). The minimum atomic E-state index is -4.58. The predicted molar refractivity (Wildman–Crippen MR) is 153 cm³/mol. The number of hydrogen-bond acceptors (Lipinski definition) is 6. The average molecular weight is 611 g/mol. The van der Waals surface area contributed by atoms with Gasteiger partial charge in [-0.25, -0.2) is 8.78 Å². The number of hydrogen-bond donors (Lipinski definition) is 2. The van der Waals surface area contributed by atoms with Crippen LogP contribution in [0.2, 0.25) is 0 Å². The topological polar surface area (TPSA) is 89.6 Å². The Morgan fingerprint density at radius 2 is 2.00 bits per heavy atom. The van der Waals surface area contributed by atoms with E-state index < -0.39 is 41.2 Å². The van der Waals surface area contributed by atoms with E-state index in [4.69, 9.17) is 15.5 Å². The summed E-state index contributed by atoms with van der Waals surface area (Å²) in [7, 11) is 0. The fraction of sp³-hybridized carbons (Fsp3) is 0.567. The van der Waals surface area contributed by atoms with Gasteiger partial charge in [-0.15, -0.1) is 11.8 Å². The number of aliphatic imine (C=N–C) groups is 1. The van der Waals surface area contributed by atoms with Gasteiger partial charge in [-0.3, -0.25) is 14.8 Å². The van der Waals surface area contributed by atoms with E-state index in [1.54, 1.807) is 11.8 Å². The van der Waals surface area contributed by atoms with Crippen molar-refractivity contribution in [2.24, 2.45) is 40.3 Å². The first-order valence-electron chi connectivity index (χ1n) is 14.2. The van der Waals surface area contributed by atoms with E-state index >= 15 is 4.39 Å². The Morgan fingerprint density at radius 1 is 1.24 bits per heavy atom. The quantitative estimate of drug-likeness (QED) is 0.380. The summed E-state index contributed by atoms with van der Waals surface area (Å²) >= 11 is 1.61. The standard InChI is InChI=1S/C30H35F5N4O2S/c1-15(2)20-11-23(32)16(3)26(36)25(20)28-39-29(14-41-9-8-18(29)13-42-28)21-10-19(5-6-22(21)31)38-27(40)24-7-4-17(12-37-24)30(33,34)35/h4-7,10,12,15-16,18,20,23,25-26H,8-9,11,13-14,36H2,1-3H3,(H,38,40)/t16?,18-,20?,23+,25?,26?,29-/m0/s1. The molecular formula is C30H35F5N4O2S. The molecule has 3 aliphatic rings. The van der Waals surface area contributed by atoms with Gasteiger partial charge < -0.3 is 15.8 Å². The number of rotatable bonds is 5. The second kappa shape index (κ2) is 11.8. The fourth-order valence-corrected chi connectivity index (χ4v) is 8.00. The van der Waals surface area contributed by atoms with E-state index in [-0.39, 0.29) is 53.1 Å². The van der Waals surface area contributed by atoms with E-state index in [0.29, 0.717) is 31.4 Å². The van der Waals surface area contributed by atoms with Gasteiger partial charge in [0.15, 0.2) is 0 Å². The number of carbonyl (C=O) groups is 1. The summed E-state index contributed by atoms with van der Waals surface area (Å²) in [6.45, 7) is 6.58. The van der Waals surface area contributed by atoms with Crippen molar-refractivity contribution < 1.29 is 31.5 Å². The van der Waals surface area contributed by atoms with Gasteiger partial charge in [0.1, 0.15) is 23.2 Å². The van der Waals surface area contributed by atoms with Crippen molar-refractivity contribution in [3.63, 3.8) is 0 Å². The highest BCUT2D eigenvalue weighted by Crippen LogP contribution is 2.50. The first-order valence-corrected chi connectivity index (χ1v) is 15.1. The number of alkyl halides is 4. The van der Waals surface area contributed by atoms with Gasteiger partial charge in [-0.1, -0.05) is 20.8 Å². The number of nitrogens with two attached hydrogens (primary N) is 1. The SMILES string of the molecule is CC(C)C1C[C@@H](F)C(C)C(N)C1C1=N[C@@]2(c3cc(NC(=O)c4ccc(C(F)(F)F)cn4)ccc3F)COCC[C@H]2CS1. The van der Waals surface area contributed by atoms with Crippen molar-refractivity contribution in [1.29, 1.82) is 0 Å². The monoisotopic (exact) mass is 610 g/mol. The lowest BCUT2D eigenvalue weighted by atomic mass is 9.66. The van der Waals surface area contributed by atoms with Crippen LogP contribution in [0.5, 0.6) is 0 Å². The van der Waals surface area contributed by atoms with Crippen LogP contribution in [-0.4, -0.2) is 47.1 Å². The van der Waals surface area contributed by atoms with E-state index in [1.165, 1.54) is 18.2 Å². The number of nitrogens with zero attached hydrogens (tertiary/aromatic N) is 2. The van der Waals surface area contributed by atoms with Crippen LogP contribution in [0.1, 0.15) is 55.2 Å². The second-order valence-corrected chi connectivity index (χ2v) is 13.0. The van der Waals surface area contributed by atoms with Gasteiger partial charge in [0.2, 0.25) is 0 Å². The highest BCUT2D eigenvalue weighted by atomic mass is 32.2. The number of anilines is 1. The van der Waals surface area contributed by atoms with Crippen molar-refractivity contribution in [3.05, 3.63) is 59.2 Å². The van der Waals surface area contributed by atoms with Crippen LogP contribution in [0, 0.1) is 35.4 Å². The van der Waals surface area contributed by atoms with Gasteiger partial charge in [0, 0.05) is 53.6 Å². The molecule has 6 nitrogen and oxygen atoms in total. The summed E-state index contributed by atoms with van der Waals surface area (Å²) in [6.07, 6.45) is -3.95. The molecule has 1 aromatic carbocycles. The van der Waals surface area contributed by atoms with Crippen molar-refractivity contribution in [2.75, 3.05) is 24.3 Å². The van der Waals surface area contributed by atoms with Gasteiger partial charge in [-0.05, 0) is 55.0 Å². The van der Waals surface area contributed by atoms with E-state index in [0.717, 1.165) is 17.2 Å². The molecule has 3 N–H and O–H groups in total. The summed E-state index contributed by atoms with van der Waals surface area (Å²) in [5.41, 5.74) is 4.90. The van der Waals surface area contributed by atoms with Crippen molar-refractivity contribution >= 4 is 28.4 Å². The summed E-state index contributed by atoms with van der Waals surface area (Å²) < 4.78 is 75.2. The van der Waals surface area contributed by atoms with Crippen LogP contribution in [0.15, 0.2) is 41.5 Å². The van der Waals surface area contributed by atoms with Gasteiger partial charge in [0.25, 0.3) is 5.91 Å². The number of aromatic nitrogens is 1. The summed E-state index contributed by atoms with van der Waals surface area (Å²) in [6, 6.07) is 5.45.